The van der Waals surface area contributed by atoms with Gasteiger partial charge in [-0.3, -0.25) is 0 Å². The number of carbonyl (C=O) groups excluding carboxylic acids is 1. The van der Waals surface area contributed by atoms with Crippen LogP contribution in [-0.2, 0) is 0 Å². The van der Waals surface area contributed by atoms with E-state index in [1.807, 2.05) is 24.3 Å². The van der Waals surface area contributed by atoms with Gasteiger partial charge in [-0.25, -0.2) is 9.18 Å². The van der Waals surface area contributed by atoms with Crippen molar-refractivity contribution in [2.45, 2.75) is 56.1 Å². The first kappa shape index (κ1) is 20.4. The Morgan fingerprint density at radius 1 is 1.13 bits per heavy atom. The molecule has 2 aromatic rings. The van der Waals surface area contributed by atoms with Crippen LogP contribution in [0.4, 0.5) is 9.18 Å². The van der Waals surface area contributed by atoms with E-state index in [1.165, 1.54) is 23.5 Å². The third-order valence-corrected chi connectivity index (χ3v) is 6.37. The van der Waals surface area contributed by atoms with E-state index >= 15 is 0 Å². The maximum absolute atomic E-state index is 13.4. The maximum Gasteiger partial charge on any atom is 0.319 e. The van der Waals surface area contributed by atoms with Crippen LogP contribution >= 0.6 is 0 Å². The molecule has 0 aromatic heterocycles. The van der Waals surface area contributed by atoms with Crippen molar-refractivity contribution in [1.82, 2.24) is 10.2 Å². The molecule has 1 aliphatic carbocycles. The molecule has 1 saturated heterocycles. The zero-order valence-electron chi connectivity index (χ0n) is 16.8. The summed E-state index contributed by atoms with van der Waals surface area (Å²) in [5, 5.41) is 23.0. The summed E-state index contributed by atoms with van der Waals surface area (Å²) in [6.07, 6.45) is 5.31. The van der Waals surface area contributed by atoms with Crippen molar-refractivity contribution in [3.8, 4) is 17.2 Å². The topological polar surface area (TPSA) is 76.4 Å². The molecule has 2 fully saturated rings. The Hall–Kier alpha value is -2.91. The van der Waals surface area contributed by atoms with Crippen molar-refractivity contribution in [2.24, 2.45) is 0 Å². The van der Waals surface area contributed by atoms with Gasteiger partial charge in [0.25, 0.3) is 0 Å². The first-order valence-electron chi connectivity index (χ1n) is 10.6. The van der Waals surface area contributed by atoms with Crippen molar-refractivity contribution in [3.63, 3.8) is 0 Å². The summed E-state index contributed by atoms with van der Waals surface area (Å²) >= 11 is 0. The van der Waals surface area contributed by atoms with Crippen LogP contribution in [0.15, 0.2) is 48.5 Å². The summed E-state index contributed by atoms with van der Waals surface area (Å²) in [4.78, 5) is 14.4. The number of benzene rings is 2. The number of aliphatic hydroxyl groups excluding tert-OH is 1. The van der Waals surface area contributed by atoms with E-state index in [0.29, 0.717) is 0 Å². The largest absolute Gasteiger partial charge is 0.394 e. The number of hydrogen-bond donors (Lipinski definition) is 2. The van der Waals surface area contributed by atoms with E-state index in [-0.39, 0.29) is 30.4 Å². The van der Waals surface area contributed by atoms with Crippen LogP contribution in [0.3, 0.4) is 0 Å². The molecule has 5 nitrogen and oxygen atoms in total. The van der Waals surface area contributed by atoms with E-state index in [0.717, 1.165) is 42.4 Å². The average Bonchev–Trinajstić information content (AvgIpc) is 2.75. The second kappa shape index (κ2) is 8.85. The van der Waals surface area contributed by atoms with Gasteiger partial charge in [-0.1, -0.05) is 55.7 Å². The predicted octanol–water partition coefficient (Wildman–Crippen LogP) is 4.19. The minimum atomic E-state index is -0.660. The fourth-order valence-corrected chi connectivity index (χ4v) is 4.84. The number of carbonyl (C=O) groups is 1. The summed E-state index contributed by atoms with van der Waals surface area (Å²) < 4.78 is 13.4. The molecule has 2 aromatic carbocycles. The Bertz CT molecular complexity index is 934. The van der Waals surface area contributed by atoms with E-state index in [2.05, 4.69) is 11.4 Å². The Labute approximate surface area is 176 Å². The van der Waals surface area contributed by atoms with Gasteiger partial charge in [0.2, 0.25) is 0 Å². The van der Waals surface area contributed by atoms with Crippen molar-refractivity contribution >= 4 is 6.03 Å². The van der Waals surface area contributed by atoms with Crippen LogP contribution in [0.1, 0.15) is 43.6 Å². The lowest BCUT2D eigenvalue weighted by molar-refractivity contribution is 0.0155. The zero-order chi connectivity index (χ0) is 21.1. The number of amides is 2. The molecule has 1 heterocycles. The first-order valence-corrected chi connectivity index (χ1v) is 10.6. The summed E-state index contributed by atoms with van der Waals surface area (Å²) in [7, 11) is 0. The lowest BCUT2D eigenvalue weighted by Gasteiger charge is -2.52. The van der Waals surface area contributed by atoms with Gasteiger partial charge in [-0.15, -0.1) is 0 Å². The molecule has 6 heteroatoms. The lowest BCUT2D eigenvalue weighted by atomic mass is 9.73. The second-order valence-corrected chi connectivity index (χ2v) is 8.14. The molecular weight excluding hydrogens is 381 g/mol. The molecule has 1 aliphatic heterocycles. The van der Waals surface area contributed by atoms with E-state index < -0.39 is 12.1 Å². The molecule has 3 atom stereocenters. The number of nitriles is 1. The number of aliphatic hydroxyl groups is 1. The smallest absolute Gasteiger partial charge is 0.319 e. The highest BCUT2D eigenvalue weighted by atomic mass is 19.1. The van der Waals surface area contributed by atoms with Crippen molar-refractivity contribution < 1.29 is 14.3 Å². The molecule has 2 aliphatic rings. The van der Waals surface area contributed by atoms with Crippen LogP contribution in [0.5, 0.6) is 0 Å². The predicted molar refractivity (Wildman–Crippen MR) is 112 cm³/mol. The van der Waals surface area contributed by atoms with Gasteiger partial charge >= 0.3 is 6.03 Å². The van der Waals surface area contributed by atoms with Crippen LogP contribution in [0.25, 0.3) is 11.1 Å². The van der Waals surface area contributed by atoms with Gasteiger partial charge in [-0.2, -0.15) is 5.26 Å². The molecular formula is C24H26FN3O2. The standard InChI is InChI=1S/C24H26FN3O2/c25-17-12-10-16(11-13-17)19-8-4-5-9-20(19)23-21(14-26)28(22(23)15-29)24(30)27-18-6-2-1-3-7-18/h4-5,8-13,18,21-23,29H,1-3,6-7,15H2,(H,27,30)/t21-,22+,23+/m1/s1. The van der Waals surface area contributed by atoms with Gasteiger partial charge in [0.05, 0.1) is 18.7 Å². The number of likely N-dealkylation sites (tertiary alicyclic amines) is 1. The average molecular weight is 407 g/mol. The molecule has 2 amide bonds. The normalized spacial score (nSPS) is 24.0. The molecule has 2 N–H and O–H groups in total. The highest BCUT2D eigenvalue weighted by Gasteiger charge is 2.52. The summed E-state index contributed by atoms with van der Waals surface area (Å²) in [5.41, 5.74) is 2.61. The minimum Gasteiger partial charge on any atom is -0.394 e. The molecule has 156 valence electrons. The van der Waals surface area contributed by atoms with E-state index in [9.17, 15) is 19.6 Å². The van der Waals surface area contributed by atoms with Crippen LogP contribution in [0.2, 0.25) is 0 Å². The quantitative estimate of drug-likeness (QED) is 0.798. The third-order valence-electron chi connectivity index (χ3n) is 6.37. The number of halogens is 1. The van der Waals surface area contributed by atoms with Crippen molar-refractivity contribution in [3.05, 3.63) is 59.9 Å². The van der Waals surface area contributed by atoms with Gasteiger partial charge in [0.15, 0.2) is 0 Å². The number of nitrogens with zero attached hydrogens (tertiary/aromatic N) is 2. The van der Waals surface area contributed by atoms with Gasteiger partial charge in [0, 0.05) is 12.0 Å². The number of hydrogen-bond acceptors (Lipinski definition) is 3. The van der Waals surface area contributed by atoms with Crippen LogP contribution < -0.4 is 5.32 Å². The zero-order valence-corrected chi connectivity index (χ0v) is 16.8. The van der Waals surface area contributed by atoms with E-state index in [4.69, 9.17) is 0 Å². The molecule has 0 spiro atoms. The van der Waals surface area contributed by atoms with Gasteiger partial charge in [0.1, 0.15) is 11.9 Å². The Morgan fingerprint density at radius 2 is 1.83 bits per heavy atom. The summed E-state index contributed by atoms with van der Waals surface area (Å²) in [6.45, 7) is -0.224. The number of nitrogens with one attached hydrogen (secondary N) is 1. The third kappa shape index (κ3) is 3.78. The maximum atomic E-state index is 13.4. The Balaban J connectivity index is 1.60. The SMILES string of the molecule is N#C[C@@H]1[C@H](c2ccccc2-c2ccc(F)cc2)[C@H](CO)N1C(=O)NC1CCCCC1. The van der Waals surface area contributed by atoms with E-state index in [1.54, 1.807) is 12.1 Å². The monoisotopic (exact) mass is 407 g/mol. The minimum absolute atomic E-state index is 0.135. The Morgan fingerprint density at radius 3 is 2.50 bits per heavy atom. The van der Waals surface area contributed by atoms with Gasteiger partial charge < -0.3 is 15.3 Å². The highest BCUT2D eigenvalue weighted by molar-refractivity contribution is 5.79. The second-order valence-electron chi connectivity index (χ2n) is 8.14. The summed E-state index contributed by atoms with van der Waals surface area (Å²) in [6, 6.07) is 14.8. The van der Waals surface area contributed by atoms with Crippen LogP contribution in [0, 0.1) is 17.1 Å². The van der Waals surface area contributed by atoms with Crippen molar-refractivity contribution in [1.29, 1.82) is 5.26 Å². The fourth-order valence-electron chi connectivity index (χ4n) is 4.84. The fraction of sp³-hybridized carbons (Fsp3) is 0.417. The lowest BCUT2D eigenvalue weighted by Crippen LogP contribution is -2.68. The molecule has 0 bridgehead atoms. The molecule has 1 saturated carbocycles. The molecule has 4 rings (SSSR count). The molecule has 0 radical (unpaired) electrons. The Kier molecular flexibility index (Phi) is 6.01. The number of urea groups is 1. The van der Waals surface area contributed by atoms with Gasteiger partial charge in [-0.05, 0) is 41.7 Å². The molecule has 30 heavy (non-hydrogen) atoms. The first-order chi connectivity index (χ1) is 14.6. The van der Waals surface area contributed by atoms with Crippen LogP contribution in [-0.4, -0.2) is 40.8 Å². The number of rotatable bonds is 4. The highest BCUT2D eigenvalue weighted by Crippen LogP contribution is 2.44. The summed E-state index contributed by atoms with van der Waals surface area (Å²) in [5.74, 6) is -0.619. The molecule has 0 unspecified atom stereocenters. The van der Waals surface area contributed by atoms with Crippen molar-refractivity contribution in [2.75, 3.05) is 6.61 Å².